The molecule has 0 spiro atoms. The molecule has 4 nitrogen and oxygen atoms in total. The summed E-state index contributed by atoms with van der Waals surface area (Å²) in [6.07, 6.45) is 5.63. The van der Waals surface area contributed by atoms with E-state index in [4.69, 9.17) is 4.74 Å². The highest BCUT2D eigenvalue weighted by Gasteiger charge is 2.23. The summed E-state index contributed by atoms with van der Waals surface area (Å²) in [5.41, 5.74) is 5.29. The largest absolute Gasteiger partial charge is 0.496 e. The zero-order valence-electron chi connectivity index (χ0n) is 13.7. The molecule has 1 atom stereocenters. The number of nitrogens with one attached hydrogen (secondary N) is 1. The van der Waals surface area contributed by atoms with Crippen molar-refractivity contribution < 1.29 is 4.74 Å². The molecule has 0 aliphatic heterocycles. The molecule has 1 aromatic carbocycles. The van der Waals surface area contributed by atoms with Crippen molar-refractivity contribution in [3.05, 3.63) is 46.8 Å². The molecule has 2 aromatic rings. The Morgan fingerprint density at radius 2 is 2.27 bits per heavy atom. The number of aryl methyl sites for hydroxylation is 2. The molecule has 1 aromatic heterocycles. The Morgan fingerprint density at radius 1 is 1.41 bits per heavy atom. The van der Waals surface area contributed by atoms with E-state index < -0.39 is 0 Å². The predicted molar refractivity (Wildman–Crippen MR) is 88.2 cm³/mol. The van der Waals surface area contributed by atoms with Gasteiger partial charge in [-0.05, 0) is 50.3 Å². The topological polar surface area (TPSA) is 39.1 Å². The van der Waals surface area contributed by atoms with Gasteiger partial charge in [0.25, 0.3) is 0 Å². The first-order valence-electron chi connectivity index (χ1n) is 8.14. The van der Waals surface area contributed by atoms with Crippen LogP contribution in [0.3, 0.4) is 0 Å². The number of nitrogens with zero attached hydrogens (tertiary/aromatic N) is 2. The Morgan fingerprint density at radius 3 is 3.00 bits per heavy atom. The lowest BCUT2D eigenvalue weighted by Crippen LogP contribution is -2.25. The monoisotopic (exact) mass is 299 g/mol. The van der Waals surface area contributed by atoms with Gasteiger partial charge in [-0.2, -0.15) is 5.10 Å². The van der Waals surface area contributed by atoms with E-state index in [1.165, 1.54) is 35.2 Å². The van der Waals surface area contributed by atoms with Crippen LogP contribution < -0.4 is 10.1 Å². The van der Waals surface area contributed by atoms with Crippen LogP contribution in [0.5, 0.6) is 5.75 Å². The van der Waals surface area contributed by atoms with Gasteiger partial charge in [-0.3, -0.25) is 4.68 Å². The molecule has 1 aliphatic carbocycles. The van der Waals surface area contributed by atoms with Crippen LogP contribution in [-0.2, 0) is 19.5 Å². The highest BCUT2D eigenvalue weighted by Crippen LogP contribution is 2.30. The summed E-state index contributed by atoms with van der Waals surface area (Å²) in [6, 6.07) is 6.81. The van der Waals surface area contributed by atoms with Crippen molar-refractivity contribution in [2.45, 2.75) is 52.2 Å². The van der Waals surface area contributed by atoms with Crippen molar-refractivity contribution in [1.29, 1.82) is 0 Å². The van der Waals surface area contributed by atoms with Gasteiger partial charge in [0.15, 0.2) is 0 Å². The molecule has 1 N–H and O–H groups in total. The lowest BCUT2D eigenvalue weighted by Gasteiger charge is -2.24. The lowest BCUT2D eigenvalue weighted by molar-refractivity contribution is 0.411. The summed E-state index contributed by atoms with van der Waals surface area (Å²) >= 11 is 0. The molecule has 3 rings (SSSR count). The fourth-order valence-corrected chi connectivity index (χ4v) is 3.39. The molecule has 4 heteroatoms. The number of hydrogen-bond donors (Lipinski definition) is 1. The summed E-state index contributed by atoms with van der Waals surface area (Å²) in [4.78, 5) is 0. The quantitative estimate of drug-likeness (QED) is 0.920. The van der Waals surface area contributed by atoms with Gasteiger partial charge in [0.05, 0.1) is 13.3 Å². The van der Waals surface area contributed by atoms with Crippen molar-refractivity contribution >= 4 is 0 Å². The fourth-order valence-electron chi connectivity index (χ4n) is 3.39. The van der Waals surface area contributed by atoms with Crippen LogP contribution in [0.15, 0.2) is 24.4 Å². The first-order valence-corrected chi connectivity index (χ1v) is 8.14. The third-order valence-electron chi connectivity index (χ3n) is 4.57. The minimum absolute atomic E-state index is 0.423. The molecule has 1 heterocycles. The van der Waals surface area contributed by atoms with Gasteiger partial charge in [-0.15, -0.1) is 0 Å². The van der Waals surface area contributed by atoms with Crippen LogP contribution in [0.1, 0.15) is 48.2 Å². The van der Waals surface area contributed by atoms with Gasteiger partial charge < -0.3 is 10.1 Å². The minimum Gasteiger partial charge on any atom is -0.496 e. The molecular weight excluding hydrogens is 274 g/mol. The standard InChI is InChI=1S/C18H25N3O/c1-4-21-17-7-5-6-16(15(17)12-20-21)19-11-14-8-9-18(22-3)13(2)10-14/h8-10,12,16,19H,4-7,11H2,1-3H3/t16-/m0/s1. The van der Waals surface area contributed by atoms with Gasteiger partial charge in [0.1, 0.15) is 5.75 Å². The molecule has 0 bridgehead atoms. The Balaban J connectivity index is 1.70. The highest BCUT2D eigenvalue weighted by molar-refractivity contribution is 5.36. The van der Waals surface area contributed by atoms with E-state index in [0.717, 1.165) is 25.3 Å². The molecule has 22 heavy (non-hydrogen) atoms. The Labute approximate surface area is 132 Å². The second-order valence-electron chi connectivity index (χ2n) is 5.99. The van der Waals surface area contributed by atoms with Gasteiger partial charge in [-0.1, -0.05) is 12.1 Å². The van der Waals surface area contributed by atoms with E-state index >= 15 is 0 Å². The summed E-state index contributed by atoms with van der Waals surface area (Å²) in [5.74, 6) is 0.952. The van der Waals surface area contributed by atoms with Crippen molar-refractivity contribution in [1.82, 2.24) is 15.1 Å². The van der Waals surface area contributed by atoms with Gasteiger partial charge in [0.2, 0.25) is 0 Å². The summed E-state index contributed by atoms with van der Waals surface area (Å²) in [5, 5.41) is 8.22. The van der Waals surface area contributed by atoms with E-state index in [-0.39, 0.29) is 0 Å². The molecule has 0 radical (unpaired) electrons. The van der Waals surface area contributed by atoms with Crippen LogP contribution >= 0.6 is 0 Å². The maximum absolute atomic E-state index is 5.32. The molecule has 0 unspecified atom stereocenters. The van der Waals surface area contributed by atoms with Gasteiger partial charge in [-0.25, -0.2) is 0 Å². The summed E-state index contributed by atoms with van der Waals surface area (Å²) < 4.78 is 7.46. The highest BCUT2D eigenvalue weighted by atomic mass is 16.5. The molecule has 0 saturated heterocycles. The first kappa shape index (κ1) is 15.1. The normalized spacial score (nSPS) is 17.3. The number of hydrogen-bond acceptors (Lipinski definition) is 3. The molecular formula is C18H25N3O. The maximum atomic E-state index is 5.32. The molecule has 0 saturated carbocycles. The smallest absolute Gasteiger partial charge is 0.121 e. The molecule has 0 fully saturated rings. The van der Waals surface area contributed by atoms with Crippen molar-refractivity contribution in [2.75, 3.05) is 7.11 Å². The van der Waals surface area contributed by atoms with E-state index in [1.54, 1.807) is 7.11 Å². The zero-order valence-corrected chi connectivity index (χ0v) is 13.7. The molecule has 118 valence electrons. The van der Waals surface area contributed by atoms with Crippen LogP contribution in [0.4, 0.5) is 0 Å². The number of methoxy groups -OCH3 is 1. The van der Waals surface area contributed by atoms with E-state index in [0.29, 0.717) is 6.04 Å². The van der Waals surface area contributed by atoms with Crippen LogP contribution in [0.25, 0.3) is 0 Å². The second-order valence-corrected chi connectivity index (χ2v) is 5.99. The van der Waals surface area contributed by atoms with E-state index in [9.17, 15) is 0 Å². The van der Waals surface area contributed by atoms with Crippen LogP contribution in [-0.4, -0.2) is 16.9 Å². The minimum atomic E-state index is 0.423. The van der Waals surface area contributed by atoms with Crippen LogP contribution in [0.2, 0.25) is 0 Å². The Kier molecular flexibility index (Phi) is 4.48. The third kappa shape index (κ3) is 2.88. The van der Waals surface area contributed by atoms with Gasteiger partial charge >= 0.3 is 0 Å². The number of aromatic nitrogens is 2. The summed E-state index contributed by atoms with van der Waals surface area (Å²) in [6.45, 7) is 6.09. The molecule has 1 aliphatic rings. The predicted octanol–water partition coefficient (Wildman–Crippen LogP) is 3.39. The van der Waals surface area contributed by atoms with E-state index in [1.807, 2.05) is 6.07 Å². The SMILES string of the molecule is CCn1ncc2c1CCC[C@@H]2NCc1ccc(OC)c(C)c1. The van der Waals surface area contributed by atoms with E-state index in [2.05, 4.69) is 47.3 Å². The third-order valence-corrected chi connectivity index (χ3v) is 4.57. The maximum Gasteiger partial charge on any atom is 0.121 e. The Hall–Kier alpha value is -1.81. The second kappa shape index (κ2) is 6.53. The Bertz CT molecular complexity index is 648. The fraction of sp³-hybridized carbons (Fsp3) is 0.500. The van der Waals surface area contributed by atoms with Gasteiger partial charge in [0, 0.05) is 30.4 Å². The lowest BCUT2D eigenvalue weighted by atomic mass is 9.92. The number of rotatable bonds is 5. The number of ether oxygens (including phenoxy) is 1. The zero-order chi connectivity index (χ0) is 15.5. The number of fused-ring (bicyclic) bond motifs is 1. The average molecular weight is 299 g/mol. The van der Waals surface area contributed by atoms with Crippen LogP contribution in [0, 0.1) is 6.92 Å². The number of benzene rings is 1. The van der Waals surface area contributed by atoms with Crippen molar-refractivity contribution in [2.24, 2.45) is 0 Å². The summed E-state index contributed by atoms with van der Waals surface area (Å²) in [7, 11) is 1.72. The van der Waals surface area contributed by atoms with Crippen molar-refractivity contribution in [3.63, 3.8) is 0 Å². The molecule has 0 amide bonds. The van der Waals surface area contributed by atoms with Crippen molar-refractivity contribution in [3.8, 4) is 5.75 Å². The first-order chi connectivity index (χ1) is 10.7. The average Bonchev–Trinajstić information content (AvgIpc) is 2.96.